The summed E-state index contributed by atoms with van der Waals surface area (Å²) in [5.41, 5.74) is 1.65. The SMILES string of the molecule is CNc1ccccc1C(=O)NCC(C)(C)C(C)C. The number of amides is 1. The van der Waals surface area contributed by atoms with Gasteiger partial charge in [-0.3, -0.25) is 4.79 Å². The number of nitrogens with one attached hydrogen (secondary N) is 2. The van der Waals surface area contributed by atoms with Gasteiger partial charge in [0.2, 0.25) is 0 Å². The van der Waals surface area contributed by atoms with Gasteiger partial charge in [-0.15, -0.1) is 0 Å². The van der Waals surface area contributed by atoms with Crippen LogP contribution in [0.5, 0.6) is 0 Å². The Morgan fingerprint density at radius 2 is 1.89 bits per heavy atom. The van der Waals surface area contributed by atoms with Crippen LogP contribution in [0.25, 0.3) is 0 Å². The molecule has 1 aromatic carbocycles. The predicted octanol–water partition coefficient (Wildman–Crippen LogP) is 3.14. The van der Waals surface area contributed by atoms with Crippen LogP contribution in [-0.4, -0.2) is 19.5 Å². The van der Waals surface area contributed by atoms with Crippen molar-refractivity contribution in [2.75, 3.05) is 18.9 Å². The van der Waals surface area contributed by atoms with Gasteiger partial charge in [0.1, 0.15) is 0 Å². The van der Waals surface area contributed by atoms with Crippen LogP contribution in [-0.2, 0) is 0 Å². The minimum Gasteiger partial charge on any atom is -0.387 e. The van der Waals surface area contributed by atoms with E-state index in [9.17, 15) is 4.79 Å². The average molecular weight is 248 g/mol. The van der Waals surface area contributed by atoms with E-state index in [2.05, 4.69) is 38.3 Å². The summed E-state index contributed by atoms with van der Waals surface area (Å²) >= 11 is 0. The Bertz CT molecular complexity index is 411. The lowest BCUT2D eigenvalue weighted by Crippen LogP contribution is -2.37. The highest BCUT2D eigenvalue weighted by Gasteiger charge is 2.23. The molecule has 3 heteroatoms. The quantitative estimate of drug-likeness (QED) is 0.840. The van der Waals surface area contributed by atoms with Gasteiger partial charge in [-0.25, -0.2) is 0 Å². The Labute approximate surface area is 110 Å². The summed E-state index contributed by atoms with van der Waals surface area (Å²) < 4.78 is 0. The van der Waals surface area contributed by atoms with Crippen molar-refractivity contribution >= 4 is 11.6 Å². The molecule has 100 valence electrons. The first-order chi connectivity index (χ1) is 8.38. The van der Waals surface area contributed by atoms with E-state index in [1.807, 2.05) is 31.3 Å². The Morgan fingerprint density at radius 3 is 2.44 bits per heavy atom. The molecule has 3 nitrogen and oxygen atoms in total. The van der Waals surface area contributed by atoms with E-state index in [4.69, 9.17) is 0 Å². The Hall–Kier alpha value is -1.51. The zero-order valence-electron chi connectivity index (χ0n) is 12.0. The number of carbonyl (C=O) groups excluding carboxylic acids is 1. The van der Waals surface area contributed by atoms with Crippen molar-refractivity contribution in [1.82, 2.24) is 5.32 Å². The molecule has 0 bridgehead atoms. The van der Waals surface area contributed by atoms with Gasteiger partial charge in [0.05, 0.1) is 5.56 Å². The molecule has 0 radical (unpaired) electrons. The van der Waals surface area contributed by atoms with E-state index < -0.39 is 0 Å². The normalized spacial score (nSPS) is 11.4. The van der Waals surface area contributed by atoms with Crippen molar-refractivity contribution in [2.45, 2.75) is 27.7 Å². The molecular formula is C15H24N2O. The number of rotatable bonds is 5. The van der Waals surface area contributed by atoms with Crippen molar-refractivity contribution in [1.29, 1.82) is 0 Å². The van der Waals surface area contributed by atoms with Gasteiger partial charge in [0.15, 0.2) is 0 Å². The summed E-state index contributed by atoms with van der Waals surface area (Å²) in [5.74, 6) is 0.506. The molecule has 0 saturated heterocycles. The largest absolute Gasteiger partial charge is 0.387 e. The van der Waals surface area contributed by atoms with Gasteiger partial charge in [-0.05, 0) is 23.5 Å². The number of para-hydroxylation sites is 1. The topological polar surface area (TPSA) is 41.1 Å². The fourth-order valence-corrected chi connectivity index (χ4v) is 1.51. The third kappa shape index (κ3) is 3.49. The predicted molar refractivity (Wildman–Crippen MR) is 76.9 cm³/mol. The van der Waals surface area contributed by atoms with Crippen molar-refractivity contribution < 1.29 is 4.79 Å². The van der Waals surface area contributed by atoms with Crippen LogP contribution in [0.1, 0.15) is 38.1 Å². The smallest absolute Gasteiger partial charge is 0.253 e. The van der Waals surface area contributed by atoms with Crippen molar-refractivity contribution in [3.63, 3.8) is 0 Å². The van der Waals surface area contributed by atoms with E-state index >= 15 is 0 Å². The molecule has 0 spiro atoms. The van der Waals surface area contributed by atoms with Crippen molar-refractivity contribution in [3.05, 3.63) is 29.8 Å². The van der Waals surface area contributed by atoms with Crippen LogP contribution in [0.15, 0.2) is 24.3 Å². The van der Waals surface area contributed by atoms with Gasteiger partial charge < -0.3 is 10.6 Å². The number of hydrogen-bond donors (Lipinski definition) is 2. The third-order valence-electron chi connectivity index (χ3n) is 3.71. The molecule has 0 heterocycles. The zero-order chi connectivity index (χ0) is 13.8. The number of benzene rings is 1. The minimum absolute atomic E-state index is 0.0197. The van der Waals surface area contributed by atoms with E-state index in [0.29, 0.717) is 18.0 Å². The highest BCUT2D eigenvalue weighted by Crippen LogP contribution is 2.25. The standard InChI is InChI=1S/C15H24N2O/c1-11(2)15(3,4)10-17-14(18)12-8-6-7-9-13(12)16-5/h6-9,11,16H,10H2,1-5H3,(H,17,18). The summed E-state index contributed by atoms with van der Waals surface area (Å²) in [6.07, 6.45) is 0. The van der Waals surface area contributed by atoms with Gasteiger partial charge >= 0.3 is 0 Å². The Morgan fingerprint density at radius 1 is 1.28 bits per heavy atom. The van der Waals surface area contributed by atoms with E-state index in [0.717, 1.165) is 5.69 Å². The van der Waals surface area contributed by atoms with Crippen molar-refractivity contribution in [3.8, 4) is 0 Å². The molecule has 0 aliphatic carbocycles. The third-order valence-corrected chi connectivity index (χ3v) is 3.71. The van der Waals surface area contributed by atoms with Gasteiger partial charge in [-0.1, -0.05) is 39.8 Å². The maximum Gasteiger partial charge on any atom is 0.253 e. The summed E-state index contributed by atoms with van der Waals surface area (Å²) in [6.45, 7) is 9.37. The molecule has 1 aromatic rings. The number of anilines is 1. The van der Waals surface area contributed by atoms with E-state index in [-0.39, 0.29) is 11.3 Å². The Kier molecular flexibility index (Phi) is 4.76. The molecule has 0 atom stereocenters. The molecule has 2 N–H and O–H groups in total. The Balaban J connectivity index is 2.72. The first-order valence-electron chi connectivity index (χ1n) is 6.43. The van der Waals surface area contributed by atoms with E-state index in [1.54, 1.807) is 0 Å². The molecule has 0 fully saturated rings. The molecule has 0 aromatic heterocycles. The highest BCUT2D eigenvalue weighted by atomic mass is 16.1. The second-order valence-electron chi connectivity index (χ2n) is 5.62. The monoisotopic (exact) mass is 248 g/mol. The fourth-order valence-electron chi connectivity index (χ4n) is 1.51. The second-order valence-corrected chi connectivity index (χ2v) is 5.62. The van der Waals surface area contributed by atoms with Crippen LogP contribution in [0, 0.1) is 11.3 Å². The molecule has 1 amide bonds. The molecule has 0 unspecified atom stereocenters. The molecule has 0 aliphatic heterocycles. The van der Waals surface area contributed by atoms with Gasteiger partial charge in [0.25, 0.3) is 5.91 Å². The molecule has 18 heavy (non-hydrogen) atoms. The molecule has 1 rings (SSSR count). The van der Waals surface area contributed by atoms with Crippen LogP contribution >= 0.6 is 0 Å². The zero-order valence-corrected chi connectivity index (χ0v) is 12.0. The minimum atomic E-state index is -0.0197. The summed E-state index contributed by atoms with van der Waals surface area (Å²) in [6, 6.07) is 7.54. The van der Waals surface area contributed by atoms with Crippen LogP contribution in [0.3, 0.4) is 0 Å². The maximum absolute atomic E-state index is 12.1. The molecule has 0 aliphatic rings. The first kappa shape index (κ1) is 14.6. The van der Waals surface area contributed by atoms with Crippen molar-refractivity contribution in [2.24, 2.45) is 11.3 Å². The lowest BCUT2D eigenvalue weighted by molar-refractivity contribution is 0.0925. The van der Waals surface area contributed by atoms with Crippen LogP contribution in [0.4, 0.5) is 5.69 Å². The van der Waals surface area contributed by atoms with Gasteiger partial charge in [-0.2, -0.15) is 0 Å². The van der Waals surface area contributed by atoms with Crippen LogP contribution in [0.2, 0.25) is 0 Å². The average Bonchev–Trinajstić information content (AvgIpc) is 2.35. The fraction of sp³-hybridized carbons (Fsp3) is 0.533. The highest BCUT2D eigenvalue weighted by molar-refractivity contribution is 5.99. The summed E-state index contributed by atoms with van der Waals surface area (Å²) in [4.78, 5) is 12.1. The summed E-state index contributed by atoms with van der Waals surface area (Å²) in [5, 5.41) is 6.05. The lowest BCUT2D eigenvalue weighted by Gasteiger charge is -2.29. The number of carbonyl (C=O) groups is 1. The summed E-state index contributed by atoms with van der Waals surface area (Å²) in [7, 11) is 1.82. The first-order valence-corrected chi connectivity index (χ1v) is 6.43. The number of hydrogen-bond acceptors (Lipinski definition) is 2. The second kappa shape index (κ2) is 5.89. The maximum atomic E-state index is 12.1. The molecular weight excluding hydrogens is 224 g/mol. The molecule has 0 saturated carbocycles. The van der Waals surface area contributed by atoms with Crippen LogP contribution < -0.4 is 10.6 Å². The van der Waals surface area contributed by atoms with E-state index in [1.165, 1.54) is 0 Å². The lowest BCUT2D eigenvalue weighted by atomic mass is 9.81. The van der Waals surface area contributed by atoms with Gasteiger partial charge in [0, 0.05) is 19.3 Å².